The van der Waals surface area contributed by atoms with E-state index in [-0.39, 0.29) is 49.8 Å². The lowest BCUT2D eigenvalue weighted by atomic mass is 9.88. The fraction of sp³-hybridized carbons (Fsp3) is 0.700. The summed E-state index contributed by atoms with van der Waals surface area (Å²) in [7, 11) is 1.62. The van der Waals surface area contributed by atoms with Crippen LogP contribution in [0.3, 0.4) is 0 Å². The van der Waals surface area contributed by atoms with Crippen molar-refractivity contribution in [2.45, 2.75) is 96.7 Å². The molecule has 0 spiro atoms. The molecule has 2 heterocycles. The van der Waals surface area contributed by atoms with E-state index in [0.29, 0.717) is 13.2 Å². The summed E-state index contributed by atoms with van der Waals surface area (Å²) in [5, 5.41) is 21.3. The van der Waals surface area contributed by atoms with E-state index >= 15 is 0 Å². The third-order valence-electron chi connectivity index (χ3n) is 7.31. The number of hydrogen-bond donors (Lipinski definition) is 2. The molecule has 0 bridgehead atoms. The second-order valence-electron chi connectivity index (χ2n) is 11.2. The van der Waals surface area contributed by atoms with Crippen LogP contribution in [0, 0.1) is 11.8 Å². The number of carbonyl (C=O) groups is 3. The lowest BCUT2D eigenvalue weighted by Crippen LogP contribution is -2.42. The Bertz CT molecular complexity index is 941. The molecule has 40 heavy (non-hydrogen) atoms. The molecule has 2 rings (SSSR count). The van der Waals surface area contributed by atoms with Crippen LogP contribution in [0.1, 0.15) is 66.7 Å². The van der Waals surface area contributed by atoms with Gasteiger partial charge in [-0.2, -0.15) is 0 Å². The molecule has 1 fully saturated rings. The van der Waals surface area contributed by atoms with Crippen molar-refractivity contribution in [1.29, 1.82) is 0 Å². The Morgan fingerprint density at radius 2 is 2.00 bits per heavy atom. The third-order valence-corrected chi connectivity index (χ3v) is 7.31. The second-order valence-corrected chi connectivity index (χ2v) is 11.2. The SMILES string of the molecule is COC[C@H]1CCCN1C(=O)OC[C@H](C)/C=C/C=C(\C)[C@H]1OC(=O)C[C@H](O)CC[C@@](C)(O)[C@@H](OC(C)=O)/C=C/[C@@H]1C. The number of ether oxygens (including phenoxy) is 4. The number of aliphatic hydroxyl groups excluding tert-OH is 1. The Morgan fingerprint density at radius 3 is 2.67 bits per heavy atom. The number of methoxy groups -OCH3 is 1. The molecule has 7 atom stereocenters. The summed E-state index contributed by atoms with van der Waals surface area (Å²) in [6, 6.07) is 0.0511. The van der Waals surface area contributed by atoms with Gasteiger partial charge >= 0.3 is 18.0 Å². The maximum Gasteiger partial charge on any atom is 0.410 e. The normalized spacial score (nSPS) is 32.1. The second kappa shape index (κ2) is 15.9. The molecule has 0 saturated carbocycles. The van der Waals surface area contributed by atoms with Crippen molar-refractivity contribution in [2.75, 3.05) is 26.9 Å². The summed E-state index contributed by atoms with van der Waals surface area (Å²) in [6.45, 7) is 9.84. The molecule has 2 N–H and O–H groups in total. The van der Waals surface area contributed by atoms with Crippen LogP contribution in [0.4, 0.5) is 4.79 Å². The molecule has 0 unspecified atom stereocenters. The molecule has 1 amide bonds. The number of carbonyl (C=O) groups excluding carboxylic acids is 3. The summed E-state index contributed by atoms with van der Waals surface area (Å²) in [5.41, 5.74) is -0.665. The predicted octanol–water partition coefficient (Wildman–Crippen LogP) is 3.70. The molecule has 226 valence electrons. The van der Waals surface area contributed by atoms with Crippen molar-refractivity contribution in [3.8, 4) is 0 Å². The molecular weight excluding hydrogens is 518 g/mol. The van der Waals surface area contributed by atoms with Crippen LogP contribution in [0.25, 0.3) is 0 Å². The van der Waals surface area contributed by atoms with Gasteiger partial charge in [0.1, 0.15) is 17.8 Å². The van der Waals surface area contributed by atoms with Crippen molar-refractivity contribution < 1.29 is 43.5 Å². The lowest BCUT2D eigenvalue weighted by molar-refractivity contribution is -0.157. The van der Waals surface area contributed by atoms with Crippen LogP contribution < -0.4 is 0 Å². The maximum absolute atomic E-state index is 12.6. The minimum atomic E-state index is -1.42. The lowest BCUT2D eigenvalue weighted by Gasteiger charge is -2.32. The predicted molar refractivity (Wildman–Crippen MR) is 149 cm³/mol. The van der Waals surface area contributed by atoms with Gasteiger partial charge in [-0.15, -0.1) is 0 Å². The van der Waals surface area contributed by atoms with Gasteiger partial charge < -0.3 is 34.1 Å². The topological polar surface area (TPSA) is 132 Å². The highest BCUT2D eigenvalue weighted by molar-refractivity contribution is 5.70. The quantitative estimate of drug-likeness (QED) is 0.196. The molecular formula is C30H47NO9. The first-order chi connectivity index (χ1) is 18.8. The number of likely N-dealkylation sites (tertiary alicyclic amines) is 1. The first-order valence-electron chi connectivity index (χ1n) is 14.1. The maximum atomic E-state index is 12.6. The van der Waals surface area contributed by atoms with Crippen LogP contribution in [0.5, 0.6) is 0 Å². The first-order valence-corrected chi connectivity index (χ1v) is 14.1. The largest absolute Gasteiger partial charge is 0.457 e. The standard InChI is InChI=1S/C30H47NO9/c1-20(18-38-29(35)31-16-8-11-24(31)19-37-6)9-7-10-21(2)28-22(3)12-13-26(39-23(4)32)30(5,36)15-14-25(33)17-27(34)40-28/h7,9-10,12-13,20,22,24-26,28,33,36H,8,11,14-19H2,1-6H3/b9-7+,13-12+,21-10+/t20-,22+,24-,25-,26+,28-,30-/m1/s1. The average Bonchev–Trinajstić information content (AvgIpc) is 3.34. The highest BCUT2D eigenvalue weighted by atomic mass is 16.6. The van der Waals surface area contributed by atoms with Crippen molar-refractivity contribution in [3.63, 3.8) is 0 Å². The number of esters is 2. The van der Waals surface area contributed by atoms with Crippen molar-refractivity contribution in [2.24, 2.45) is 11.8 Å². The van der Waals surface area contributed by atoms with Gasteiger partial charge in [-0.25, -0.2) is 4.79 Å². The van der Waals surface area contributed by atoms with Crippen molar-refractivity contribution >= 4 is 18.0 Å². The molecule has 2 aliphatic heterocycles. The van der Waals surface area contributed by atoms with Gasteiger partial charge in [-0.1, -0.05) is 38.2 Å². The van der Waals surface area contributed by atoms with E-state index in [2.05, 4.69) is 0 Å². The number of nitrogens with zero attached hydrogens (tertiary/aromatic N) is 1. The van der Waals surface area contributed by atoms with Gasteiger partial charge in [0.15, 0.2) is 0 Å². The smallest absolute Gasteiger partial charge is 0.410 e. The zero-order valence-electron chi connectivity index (χ0n) is 24.7. The third kappa shape index (κ3) is 10.7. The fourth-order valence-corrected chi connectivity index (χ4v) is 4.90. The molecule has 2 aliphatic rings. The number of amides is 1. The van der Waals surface area contributed by atoms with E-state index in [9.17, 15) is 24.6 Å². The molecule has 0 aromatic rings. The molecule has 0 aromatic carbocycles. The fourth-order valence-electron chi connectivity index (χ4n) is 4.90. The highest BCUT2D eigenvalue weighted by Gasteiger charge is 2.35. The van der Waals surface area contributed by atoms with Gasteiger partial charge in [0.2, 0.25) is 0 Å². The molecule has 0 aliphatic carbocycles. The van der Waals surface area contributed by atoms with E-state index in [1.165, 1.54) is 6.92 Å². The summed E-state index contributed by atoms with van der Waals surface area (Å²) in [6.07, 6.45) is 7.92. The Balaban J connectivity index is 2.09. The van der Waals surface area contributed by atoms with E-state index in [0.717, 1.165) is 18.4 Å². The number of cyclic esters (lactones) is 1. The van der Waals surface area contributed by atoms with Gasteiger partial charge in [0.25, 0.3) is 0 Å². The minimum absolute atomic E-state index is 0.0467. The van der Waals surface area contributed by atoms with E-state index in [1.807, 2.05) is 39.0 Å². The van der Waals surface area contributed by atoms with Crippen LogP contribution in [-0.2, 0) is 28.5 Å². The van der Waals surface area contributed by atoms with Crippen LogP contribution in [0.15, 0.2) is 36.0 Å². The Labute approximate surface area is 238 Å². The summed E-state index contributed by atoms with van der Waals surface area (Å²) < 4.78 is 21.8. The summed E-state index contributed by atoms with van der Waals surface area (Å²) >= 11 is 0. The zero-order chi connectivity index (χ0) is 29.9. The van der Waals surface area contributed by atoms with Crippen LogP contribution >= 0.6 is 0 Å². The van der Waals surface area contributed by atoms with E-state index in [1.54, 1.807) is 31.1 Å². The Kier molecular flexibility index (Phi) is 13.3. The molecule has 1 saturated heterocycles. The minimum Gasteiger partial charge on any atom is -0.457 e. The average molecular weight is 566 g/mol. The number of hydrogen-bond acceptors (Lipinski definition) is 9. The van der Waals surface area contributed by atoms with Crippen LogP contribution in [0.2, 0.25) is 0 Å². The van der Waals surface area contributed by atoms with Gasteiger partial charge in [0, 0.05) is 32.4 Å². The zero-order valence-corrected chi connectivity index (χ0v) is 24.7. The Morgan fingerprint density at radius 1 is 1.27 bits per heavy atom. The summed E-state index contributed by atoms with van der Waals surface area (Å²) in [4.78, 5) is 38.5. The molecule has 0 radical (unpaired) electrons. The molecule has 10 nitrogen and oxygen atoms in total. The van der Waals surface area contributed by atoms with Crippen molar-refractivity contribution in [3.05, 3.63) is 36.0 Å². The van der Waals surface area contributed by atoms with Gasteiger partial charge in [-0.05, 0) is 51.2 Å². The van der Waals surface area contributed by atoms with Gasteiger partial charge in [-0.3, -0.25) is 9.59 Å². The van der Waals surface area contributed by atoms with Crippen molar-refractivity contribution in [1.82, 2.24) is 4.90 Å². The Hall–Kier alpha value is -2.69. The molecule has 0 aromatic heterocycles. The summed E-state index contributed by atoms with van der Waals surface area (Å²) in [5.74, 6) is -1.44. The van der Waals surface area contributed by atoms with E-state index in [4.69, 9.17) is 18.9 Å². The molecule has 10 heteroatoms. The number of aliphatic hydroxyl groups is 2. The van der Waals surface area contributed by atoms with Gasteiger partial charge in [0.05, 0.1) is 31.8 Å². The van der Waals surface area contributed by atoms with Crippen LogP contribution in [-0.4, -0.2) is 90.0 Å². The van der Waals surface area contributed by atoms with E-state index < -0.39 is 35.9 Å². The monoisotopic (exact) mass is 565 g/mol. The number of rotatable bonds is 8. The highest BCUT2D eigenvalue weighted by Crippen LogP contribution is 2.27. The number of allylic oxidation sites excluding steroid dienone is 2. The first kappa shape index (κ1) is 33.5.